The van der Waals surface area contributed by atoms with Gasteiger partial charge < -0.3 is 9.88 Å². The fourth-order valence-corrected chi connectivity index (χ4v) is 2.96. The van der Waals surface area contributed by atoms with Gasteiger partial charge in [0.15, 0.2) is 0 Å². The van der Waals surface area contributed by atoms with Crippen LogP contribution in [0.2, 0.25) is 0 Å². The molecule has 0 amide bonds. The Labute approximate surface area is 113 Å². The lowest BCUT2D eigenvalue weighted by molar-refractivity contribution is 0.390. The molecule has 2 atom stereocenters. The second kappa shape index (κ2) is 5.17. The molecule has 0 saturated heterocycles. The van der Waals surface area contributed by atoms with Gasteiger partial charge in [-0.1, -0.05) is 0 Å². The number of nitrogens with zero attached hydrogens (tertiary/aromatic N) is 4. The molecule has 1 fully saturated rings. The quantitative estimate of drug-likeness (QED) is 0.911. The van der Waals surface area contributed by atoms with Crippen molar-refractivity contribution in [1.29, 1.82) is 0 Å². The third-order valence-electron chi connectivity index (χ3n) is 4.28. The zero-order chi connectivity index (χ0) is 13.2. The van der Waals surface area contributed by atoms with Crippen molar-refractivity contribution >= 4 is 0 Å². The summed E-state index contributed by atoms with van der Waals surface area (Å²) in [5, 5.41) is 7.98. The number of rotatable bonds is 4. The maximum absolute atomic E-state index is 4.29. The first-order chi connectivity index (χ1) is 9.25. The van der Waals surface area contributed by atoms with E-state index < -0.39 is 0 Å². The third kappa shape index (κ3) is 2.42. The lowest BCUT2D eigenvalue weighted by Crippen LogP contribution is -2.33. The molecule has 0 aromatic carbocycles. The molecule has 1 N–H and O–H groups in total. The summed E-state index contributed by atoms with van der Waals surface area (Å²) in [5.41, 5.74) is 2.53. The van der Waals surface area contributed by atoms with E-state index in [1.54, 1.807) is 0 Å². The van der Waals surface area contributed by atoms with Crippen LogP contribution >= 0.6 is 0 Å². The van der Waals surface area contributed by atoms with E-state index in [-0.39, 0.29) is 0 Å². The Balaban J connectivity index is 1.65. The van der Waals surface area contributed by atoms with Crippen molar-refractivity contribution in [2.24, 2.45) is 7.05 Å². The number of aromatic nitrogens is 4. The predicted molar refractivity (Wildman–Crippen MR) is 73.7 cm³/mol. The standard InChI is InChI=1S/C14H21N5/c1-11-12(9-17-18(11)2)8-16-13-4-3-5-14(13)19-7-6-15-10-19/h6-7,9-10,13-14,16H,3-5,8H2,1-2H3. The molecule has 0 radical (unpaired) electrons. The van der Waals surface area contributed by atoms with Crippen LogP contribution in [0.1, 0.15) is 36.6 Å². The van der Waals surface area contributed by atoms with Gasteiger partial charge in [-0.25, -0.2) is 4.98 Å². The van der Waals surface area contributed by atoms with Crippen LogP contribution in [0, 0.1) is 6.92 Å². The number of imidazole rings is 1. The van der Waals surface area contributed by atoms with Gasteiger partial charge in [-0.3, -0.25) is 4.68 Å². The first-order valence-corrected chi connectivity index (χ1v) is 6.94. The average Bonchev–Trinajstić information content (AvgIpc) is 3.11. The SMILES string of the molecule is Cc1c(CNC2CCCC2n2ccnc2)cnn1C. The Morgan fingerprint density at radius 2 is 2.32 bits per heavy atom. The number of nitrogens with one attached hydrogen (secondary N) is 1. The molecule has 2 unspecified atom stereocenters. The van der Waals surface area contributed by atoms with Crippen LogP contribution in [0.15, 0.2) is 24.9 Å². The molecule has 0 spiro atoms. The minimum absolute atomic E-state index is 0.536. The minimum atomic E-state index is 0.536. The summed E-state index contributed by atoms with van der Waals surface area (Å²) < 4.78 is 4.17. The molecule has 0 aliphatic heterocycles. The van der Waals surface area contributed by atoms with Gasteiger partial charge in [-0.2, -0.15) is 5.10 Å². The van der Waals surface area contributed by atoms with Crippen molar-refractivity contribution in [3.05, 3.63) is 36.2 Å². The van der Waals surface area contributed by atoms with Gasteiger partial charge in [0, 0.05) is 49.3 Å². The van der Waals surface area contributed by atoms with Crippen molar-refractivity contribution in [2.75, 3.05) is 0 Å². The first-order valence-electron chi connectivity index (χ1n) is 6.94. The number of hydrogen-bond acceptors (Lipinski definition) is 3. The van der Waals surface area contributed by atoms with Crippen LogP contribution in [0.25, 0.3) is 0 Å². The fraction of sp³-hybridized carbons (Fsp3) is 0.571. The molecule has 5 nitrogen and oxygen atoms in total. The summed E-state index contributed by atoms with van der Waals surface area (Å²) >= 11 is 0. The molecular formula is C14H21N5. The van der Waals surface area contributed by atoms with E-state index in [0.29, 0.717) is 12.1 Å². The third-order valence-corrected chi connectivity index (χ3v) is 4.28. The summed E-state index contributed by atoms with van der Waals surface area (Å²) in [5.74, 6) is 0. The smallest absolute Gasteiger partial charge is 0.0949 e. The summed E-state index contributed by atoms with van der Waals surface area (Å²) in [6.07, 6.45) is 11.6. The Morgan fingerprint density at radius 3 is 3.00 bits per heavy atom. The van der Waals surface area contributed by atoms with E-state index in [1.807, 2.05) is 30.5 Å². The number of hydrogen-bond donors (Lipinski definition) is 1. The van der Waals surface area contributed by atoms with E-state index >= 15 is 0 Å². The maximum Gasteiger partial charge on any atom is 0.0949 e. The highest BCUT2D eigenvalue weighted by atomic mass is 15.3. The Hall–Kier alpha value is -1.62. The van der Waals surface area contributed by atoms with Gasteiger partial charge in [0.2, 0.25) is 0 Å². The maximum atomic E-state index is 4.29. The van der Waals surface area contributed by atoms with Crippen molar-refractivity contribution in [2.45, 2.75) is 44.8 Å². The Kier molecular flexibility index (Phi) is 3.38. The highest BCUT2D eigenvalue weighted by Crippen LogP contribution is 2.30. The van der Waals surface area contributed by atoms with Crippen molar-refractivity contribution < 1.29 is 0 Å². The summed E-state index contributed by atoms with van der Waals surface area (Å²) in [7, 11) is 1.99. The van der Waals surface area contributed by atoms with E-state index in [9.17, 15) is 0 Å². The monoisotopic (exact) mass is 259 g/mol. The van der Waals surface area contributed by atoms with Crippen molar-refractivity contribution in [1.82, 2.24) is 24.6 Å². The largest absolute Gasteiger partial charge is 0.333 e. The molecule has 1 aliphatic carbocycles. The van der Waals surface area contributed by atoms with Gasteiger partial charge in [0.05, 0.1) is 12.5 Å². The topological polar surface area (TPSA) is 47.7 Å². The normalized spacial score (nSPS) is 23.1. The molecular weight excluding hydrogens is 238 g/mol. The van der Waals surface area contributed by atoms with Crippen molar-refractivity contribution in [3.8, 4) is 0 Å². The molecule has 3 rings (SSSR count). The predicted octanol–water partition coefficient (Wildman–Crippen LogP) is 1.81. The van der Waals surface area contributed by atoms with Crippen molar-refractivity contribution in [3.63, 3.8) is 0 Å². The first kappa shape index (κ1) is 12.4. The van der Waals surface area contributed by atoms with Gasteiger partial charge in [0.25, 0.3) is 0 Å². The average molecular weight is 259 g/mol. The Bertz CT molecular complexity index is 528. The molecule has 5 heteroatoms. The van der Waals surface area contributed by atoms with Crippen LogP contribution in [0.4, 0.5) is 0 Å². The molecule has 0 bridgehead atoms. The van der Waals surface area contributed by atoms with Crippen LogP contribution in [-0.4, -0.2) is 25.4 Å². The van der Waals surface area contributed by atoms with Gasteiger partial charge in [-0.15, -0.1) is 0 Å². The summed E-state index contributed by atoms with van der Waals surface area (Å²) in [4.78, 5) is 4.16. The zero-order valence-corrected chi connectivity index (χ0v) is 11.6. The highest BCUT2D eigenvalue weighted by Gasteiger charge is 2.27. The second-order valence-corrected chi connectivity index (χ2v) is 5.37. The van der Waals surface area contributed by atoms with E-state index in [1.165, 1.54) is 30.5 Å². The lowest BCUT2D eigenvalue weighted by Gasteiger charge is -2.22. The molecule has 2 aromatic heterocycles. The Morgan fingerprint density at radius 1 is 1.42 bits per heavy atom. The van der Waals surface area contributed by atoms with Crippen LogP contribution in [-0.2, 0) is 13.6 Å². The summed E-state index contributed by atoms with van der Waals surface area (Å²) in [6.45, 7) is 3.02. The van der Waals surface area contributed by atoms with Gasteiger partial charge in [0.1, 0.15) is 0 Å². The lowest BCUT2D eigenvalue weighted by atomic mass is 10.1. The highest BCUT2D eigenvalue weighted by molar-refractivity contribution is 5.15. The number of aryl methyl sites for hydroxylation is 1. The molecule has 2 aromatic rings. The van der Waals surface area contributed by atoms with E-state index in [2.05, 4.69) is 33.1 Å². The van der Waals surface area contributed by atoms with E-state index in [4.69, 9.17) is 0 Å². The van der Waals surface area contributed by atoms with Gasteiger partial charge >= 0.3 is 0 Å². The van der Waals surface area contributed by atoms with Crippen LogP contribution < -0.4 is 5.32 Å². The molecule has 2 heterocycles. The summed E-state index contributed by atoms with van der Waals surface area (Å²) in [6, 6.07) is 1.08. The molecule has 1 aliphatic rings. The second-order valence-electron chi connectivity index (χ2n) is 5.37. The van der Waals surface area contributed by atoms with Crippen LogP contribution in [0.5, 0.6) is 0 Å². The molecule has 19 heavy (non-hydrogen) atoms. The fourth-order valence-electron chi connectivity index (χ4n) is 2.96. The van der Waals surface area contributed by atoms with Crippen LogP contribution in [0.3, 0.4) is 0 Å². The minimum Gasteiger partial charge on any atom is -0.333 e. The van der Waals surface area contributed by atoms with E-state index in [0.717, 1.165) is 6.54 Å². The zero-order valence-electron chi connectivity index (χ0n) is 11.6. The molecule has 1 saturated carbocycles. The van der Waals surface area contributed by atoms with Gasteiger partial charge in [-0.05, 0) is 26.2 Å². The molecule has 102 valence electrons.